The summed E-state index contributed by atoms with van der Waals surface area (Å²) in [5.41, 5.74) is 2.48. The summed E-state index contributed by atoms with van der Waals surface area (Å²) in [4.78, 5) is 25.2. The SMILES string of the molecule is CCC(C)(NC(=O)Nc1cccc(Cn2nc3ccccn3c2=O)c1)c1ccccc1. The Bertz CT molecular complexity index is 1260. The summed E-state index contributed by atoms with van der Waals surface area (Å²) in [6, 6.07) is 22.5. The molecule has 158 valence electrons. The number of carbonyl (C=O) groups excluding carboxylic acids is 1. The number of nitrogens with one attached hydrogen (secondary N) is 2. The third-order valence-corrected chi connectivity index (χ3v) is 5.51. The molecule has 7 nitrogen and oxygen atoms in total. The summed E-state index contributed by atoms with van der Waals surface area (Å²) in [5.74, 6) is 0. The molecule has 4 rings (SSSR count). The minimum atomic E-state index is -0.479. The number of fused-ring (bicyclic) bond motifs is 1. The van der Waals surface area contributed by atoms with Gasteiger partial charge in [-0.2, -0.15) is 0 Å². The first-order chi connectivity index (χ1) is 15.0. The van der Waals surface area contributed by atoms with E-state index in [-0.39, 0.29) is 11.7 Å². The van der Waals surface area contributed by atoms with E-state index in [0.29, 0.717) is 17.9 Å². The second-order valence-corrected chi connectivity index (χ2v) is 7.70. The molecule has 31 heavy (non-hydrogen) atoms. The van der Waals surface area contributed by atoms with E-state index in [1.807, 2.05) is 74.5 Å². The van der Waals surface area contributed by atoms with Gasteiger partial charge in [-0.25, -0.2) is 14.3 Å². The van der Waals surface area contributed by atoms with Crippen molar-refractivity contribution in [2.75, 3.05) is 5.32 Å². The first-order valence-electron chi connectivity index (χ1n) is 10.3. The van der Waals surface area contributed by atoms with E-state index in [9.17, 15) is 9.59 Å². The molecule has 2 aromatic heterocycles. The summed E-state index contributed by atoms with van der Waals surface area (Å²) >= 11 is 0. The molecule has 1 atom stereocenters. The Morgan fingerprint density at radius 2 is 1.81 bits per heavy atom. The molecule has 2 amide bonds. The third-order valence-electron chi connectivity index (χ3n) is 5.51. The topological polar surface area (TPSA) is 80.4 Å². The largest absolute Gasteiger partial charge is 0.350 e. The number of hydrogen-bond acceptors (Lipinski definition) is 3. The first kappa shape index (κ1) is 20.4. The minimum Gasteiger partial charge on any atom is -0.329 e. The van der Waals surface area contributed by atoms with Gasteiger partial charge in [0.05, 0.1) is 12.1 Å². The average molecular weight is 415 g/mol. The van der Waals surface area contributed by atoms with E-state index in [0.717, 1.165) is 17.5 Å². The molecule has 0 aliphatic heterocycles. The van der Waals surface area contributed by atoms with Crippen molar-refractivity contribution in [3.05, 3.63) is 101 Å². The Hall–Kier alpha value is -3.87. The fourth-order valence-corrected chi connectivity index (χ4v) is 3.58. The van der Waals surface area contributed by atoms with Crippen LogP contribution in [0, 0.1) is 0 Å². The van der Waals surface area contributed by atoms with Gasteiger partial charge in [-0.15, -0.1) is 5.10 Å². The van der Waals surface area contributed by atoms with Gasteiger partial charge in [-0.1, -0.05) is 55.5 Å². The molecule has 1 unspecified atom stereocenters. The highest BCUT2D eigenvalue weighted by Crippen LogP contribution is 2.24. The zero-order valence-electron chi connectivity index (χ0n) is 17.6. The van der Waals surface area contributed by atoms with E-state index in [1.54, 1.807) is 18.3 Å². The van der Waals surface area contributed by atoms with Crippen LogP contribution in [0.15, 0.2) is 83.8 Å². The van der Waals surface area contributed by atoms with Crippen LogP contribution in [0.5, 0.6) is 0 Å². The molecule has 0 aliphatic rings. The van der Waals surface area contributed by atoms with Gasteiger partial charge < -0.3 is 10.6 Å². The fraction of sp³-hybridized carbons (Fsp3) is 0.208. The Balaban J connectivity index is 1.48. The normalized spacial score (nSPS) is 13.0. The summed E-state index contributed by atoms with van der Waals surface area (Å²) < 4.78 is 2.92. The van der Waals surface area contributed by atoms with Gasteiger partial charge in [0, 0.05) is 11.9 Å². The van der Waals surface area contributed by atoms with Crippen LogP contribution in [0.2, 0.25) is 0 Å². The maximum atomic E-state index is 12.7. The Morgan fingerprint density at radius 3 is 2.55 bits per heavy atom. The number of rotatable bonds is 6. The molecule has 0 saturated carbocycles. The van der Waals surface area contributed by atoms with E-state index in [1.165, 1.54) is 9.08 Å². The van der Waals surface area contributed by atoms with Crippen LogP contribution in [-0.4, -0.2) is 20.2 Å². The summed E-state index contributed by atoms with van der Waals surface area (Å²) in [6.07, 6.45) is 2.45. The molecule has 4 aromatic rings. The summed E-state index contributed by atoms with van der Waals surface area (Å²) in [6.45, 7) is 4.36. The number of amides is 2. The van der Waals surface area contributed by atoms with E-state index in [2.05, 4.69) is 15.7 Å². The predicted octanol–water partition coefficient (Wildman–Crippen LogP) is 3.99. The quantitative estimate of drug-likeness (QED) is 0.500. The highest BCUT2D eigenvalue weighted by Gasteiger charge is 2.26. The van der Waals surface area contributed by atoms with Crippen molar-refractivity contribution in [1.29, 1.82) is 0 Å². The first-order valence-corrected chi connectivity index (χ1v) is 10.3. The predicted molar refractivity (Wildman–Crippen MR) is 121 cm³/mol. The van der Waals surface area contributed by atoms with Gasteiger partial charge in [-0.3, -0.25) is 4.40 Å². The molecule has 0 radical (unpaired) electrons. The summed E-state index contributed by atoms with van der Waals surface area (Å²) in [5, 5.41) is 10.3. The third kappa shape index (κ3) is 4.35. The van der Waals surface area contributed by atoms with Crippen LogP contribution in [-0.2, 0) is 12.1 Å². The van der Waals surface area contributed by atoms with Gasteiger partial charge in [0.15, 0.2) is 5.65 Å². The van der Waals surface area contributed by atoms with Crippen LogP contribution in [0.1, 0.15) is 31.4 Å². The second-order valence-electron chi connectivity index (χ2n) is 7.70. The lowest BCUT2D eigenvalue weighted by Crippen LogP contribution is -2.45. The van der Waals surface area contributed by atoms with E-state index >= 15 is 0 Å². The number of anilines is 1. The minimum absolute atomic E-state index is 0.201. The summed E-state index contributed by atoms with van der Waals surface area (Å²) in [7, 11) is 0. The molecule has 0 aliphatic carbocycles. The lowest BCUT2D eigenvalue weighted by atomic mass is 9.89. The van der Waals surface area contributed by atoms with Gasteiger partial charge in [-0.05, 0) is 48.7 Å². The highest BCUT2D eigenvalue weighted by molar-refractivity contribution is 5.89. The number of nitrogens with zero attached hydrogens (tertiary/aromatic N) is 3. The fourth-order valence-electron chi connectivity index (χ4n) is 3.58. The standard InChI is InChI=1S/C24H25N5O2/c1-3-24(2,19-11-5-4-6-12-19)26-22(30)25-20-13-9-10-18(16-20)17-29-23(31)28-15-8-7-14-21(28)27-29/h4-16H,3,17H2,1-2H3,(H2,25,26,30). The van der Waals surface area contributed by atoms with Crippen molar-refractivity contribution in [2.45, 2.75) is 32.4 Å². The zero-order valence-corrected chi connectivity index (χ0v) is 17.6. The van der Waals surface area contributed by atoms with Gasteiger partial charge in [0.2, 0.25) is 0 Å². The van der Waals surface area contributed by atoms with Crippen molar-refractivity contribution in [3.63, 3.8) is 0 Å². The van der Waals surface area contributed by atoms with Gasteiger partial charge >= 0.3 is 11.7 Å². The number of hydrogen-bond donors (Lipinski definition) is 2. The zero-order chi connectivity index (χ0) is 21.8. The lowest BCUT2D eigenvalue weighted by Gasteiger charge is -2.30. The van der Waals surface area contributed by atoms with Crippen LogP contribution < -0.4 is 16.3 Å². The van der Waals surface area contributed by atoms with Crippen LogP contribution in [0.3, 0.4) is 0 Å². The average Bonchev–Trinajstić information content (AvgIpc) is 3.10. The van der Waals surface area contributed by atoms with Gasteiger partial charge in [0.1, 0.15) is 0 Å². The molecule has 0 fully saturated rings. The monoisotopic (exact) mass is 415 g/mol. The Morgan fingerprint density at radius 1 is 1.03 bits per heavy atom. The molecular formula is C24H25N5O2. The molecule has 2 N–H and O–H groups in total. The molecule has 2 aromatic carbocycles. The number of urea groups is 1. The highest BCUT2D eigenvalue weighted by atomic mass is 16.2. The molecule has 0 saturated heterocycles. The smallest absolute Gasteiger partial charge is 0.329 e. The maximum absolute atomic E-state index is 12.7. The Labute approximate surface area is 180 Å². The van der Waals surface area contributed by atoms with Crippen LogP contribution in [0.25, 0.3) is 5.65 Å². The number of aromatic nitrogens is 3. The van der Waals surface area contributed by atoms with Crippen molar-refractivity contribution < 1.29 is 4.79 Å². The molecular weight excluding hydrogens is 390 g/mol. The van der Waals surface area contributed by atoms with Gasteiger partial charge in [0.25, 0.3) is 0 Å². The maximum Gasteiger partial charge on any atom is 0.350 e. The second kappa shape index (κ2) is 8.47. The number of benzene rings is 2. The molecule has 2 heterocycles. The van der Waals surface area contributed by atoms with Crippen molar-refractivity contribution >= 4 is 17.4 Å². The molecule has 7 heteroatoms. The number of carbonyl (C=O) groups is 1. The number of pyridine rings is 1. The molecule has 0 spiro atoms. The van der Waals surface area contributed by atoms with Crippen molar-refractivity contribution in [3.8, 4) is 0 Å². The van der Waals surface area contributed by atoms with E-state index in [4.69, 9.17) is 0 Å². The van der Waals surface area contributed by atoms with E-state index < -0.39 is 5.54 Å². The van der Waals surface area contributed by atoms with Crippen molar-refractivity contribution in [2.24, 2.45) is 0 Å². The Kier molecular flexibility index (Phi) is 5.58. The lowest BCUT2D eigenvalue weighted by molar-refractivity contribution is 0.238. The molecule has 0 bridgehead atoms. The van der Waals surface area contributed by atoms with Crippen molar-refractivity contribution in [1.82, 2.24) is 19.5 Å². The van der Waals surface area contributed by atoms with Crippen LogP contribution >= 0.6 is 0 Å². The van der Waals surface area contributed by atoms with Crippen LogP contribution in [0.4, 0.5) is 10.5 Å².